The van der Waals surface area contributed by atoms with Gasteiger partial charge in [0.2, 0.25) is 5.91 Å². The van der Waals surface area contributed by atoms with Gasteiger partial charge >= 0.3 is 0 Å². The number of hydrogen-bond acceptors (Lipinski definition) is 4. The van der Waals surface area contributed by atoms with Crippen LogP contribution in [0.4, 0.5) is 0 Å². The minimum atomic E-state index is -0.375. The monoisotopic (exact) mass is 260 g/mol. The summed E-state index contributed by atoms with van der Waals surface area (Å²) in [4.78, 5) is 12.1. The van der Waals surface area contributed by atoms with Crippen LogP contribution in [0.2, 0.25) is 0 Å². The zero-order chi connectivity index (χ0) is 12.7. The fourth-order valence-corrected chi connectivity index (χ4v) is 1.91. The summed E-state index contributed by atoms with van der Waals surface area (Å²) >= 11 is 4.89. The van der Waals surface area contributed by atoms with E-state index in [1.165, 1.54) is 0 Å². The first-order valence-electron chi connectivity index (χ1n) is 5.91. The molecule has 5 nitrogen and oxygen atoms in total. The van der Waals surface area contributed by atoms with Crippen LogP contribution >= 0.6 is 12.2 Å². The Hall–Kier alpha value is -0.720. The SMILES string of the molecule is CCCC(C(=O)NCC1COCCO1)C(N)=S. The molecule has 1 heterocycles. The van der Waals surface area contributed by atoms with Crippen molar-refractivity contribution < 1.29 is 14.3 Å². The molecule has 1 saturated heterocycles. The average Bonchev–Trinajstić information content (AvgIpc) is 2.34. The van der Waals surface area contributed by atoms with Gasteiger partial charge in [-0.3, -0.25) is 4.79 Å². The molecular formula is C11H20N2O3S. The largest absolute Gasteiger partial charge is 0.393 e. The molecule has 0 saturated carbocycles. The number of rotatable bonds is 6. The molecule has 1 aliphatic rings. The van der Waals surface area contributed by atoms with E-state index in [4.69, 9.17) is 27.4 Å². The Kier molecular flexibility index (Phi) is 6.39. The average molecular weight is 260 g/mol. The third-order valence-electron chi connectivity index (χ3n) is 2.63. The van der Waals surface area contributed by atoms with E-state index >= 15 is 0 Å². The number of hydrogen-bond donors (Lipinski definition) is 2. The topological polar surface area (TPSA) is 73.6 Å². The second-order valence-electron chi connectivity index (χ2n) is 4.06. The van der Waals surface area contributed by atoms with E-state index < -0.39 is 0 Å². The van der Waals surface area contributed by atoms with E-state index in [1.807, 2.05) is 6.92 Å². The molecule has 98 valence electrons. The smallest absolute Gasteiger partial charge is 0.230 e. The summed E-state index contributed by atoms with van der Waals surface area (Å²) in [6.07, 6.45) is 1.49. The number of carbonyl (C=O) groups excluding carboxylic acids is 1. The summed E-state index contributed by atoms with van der Waals surface area (Å²) in [5.41, 5.74) is 5.55. The van der Waals surface area contributed by atoms with E-state index in [9.17, 15) is 4.79 Å². The highest BCUT2D eigenvalue weighted by atomic mass is 32.1. The summed E-state index contributed by atoms with van der Waals surface area (Å²) in [6, 6.07) is 0. The van der Waals surface area contributed by atoms with E-state index in [0.717, 1.165) is 6.42 Å². The van der Waals surface area contributed by atoms with Gasteiger partial charge in [-0.15, -0.1) is 0 Å². The maximum absolute atomic E-state index is 11.8. The quantitative estimate of drug-likeness (QED) is 0.668. The van der Waals surface area contributed by atoms with Gasteiger partial charge in [-0.25, -0.2) is 0 Å². The summed E-state index contributed by atoms with van der Waals surface area (Å²) in [7, 11) is 0. The van der Waals surface area contributed by atoms with Gasteiger partial charge in [0.1, 0.15) is 0 Å². The third kappa shape index (κ3) is 4.97. The molecule has 0 spiro atoms. The molecule has 3 N–H and O–H groups in total. The molecule has 0 bridgehead atoms. The first-order valence-corrected chi connectivity index (χ1v) is 6.32. The predicted octanol–water partition coefficient (Wildman–Crippen LogP) is 0.220. The first-order chi connectivity index (χ1) is 8.15. The van der Waals surface area contributed by atoms with Crippen LogP contribution < -0.4 is 11.1 Å². The minimum absolute atomic E-state index is 0.0682. The minimum Gasteiger partial charge on any atom is -0.393 e. The van der Waals surface area contributed by atoms with Crippen molar-refractivity contribution >= 4 is 23.1 Å². The van der Waals surface area contributed by atoms with Crippen LogP contribution in [-0.4, -0.2) is 43.4 Å². The molecule has 1 rings (SSSR count). The van der Waals surface area contributed by atoms with Crippen molar-refractivity contribution in [1.82, 2.24) is 5.32 Å². The molecular weight excluding hydrogens is 240 g/mol. The second-order valence-corrected chi connectivity index (χ2v) is 4.53. The van der Waals surface area contributed by atoms with E-state index in [2.05, 4.69) is 5.32 Å². The molecule has 0 radical (unpaired) electrons. The van der Waals surface area contributed by atoms with Crippen molar-refractivity contribution in [2.45, 2.75) is 25.9 Å². The number of nitrogens with one attached hydrogen (secondary N) is 1. The predicted molar refractivity (Wildman–Crippen MR) is 68.8 cm³/mol. The van der Waals surface area contributed by atoms with Crippen molar-refractivity contribution in [2.75, 3.05) is 26.4 Å². The molecule has 17 heavy (non-hydrogen) atoms. The van der Waals surface area contributed by atoms with Crippen molar-refractivity contribution in [2.24, 2.45) is 11.7 Å². The summed E-state index contributed by atoms with van der Waals surface area (Å²) in [5.74, 6) is -0.493. The summed E-state index contributed by atoms with van der Waals surface area (Å²) in [6.45, 7) is 4.16. The zero-order valence-corrected chi connectivity index (χ0v) is 10.9. The highest BCUT2D eigenvalue weighted by Crippen LogP contribution is 2.07. The summed E-state index contributed by atoms with van der Waals surface area (Å²) < 4.78 is 10.7. The maximum atomic E-state index is 11.8. The van der Waals surface area contributed by atoms with Crippen LogP contribution in [-0.2, 0) is 14.3 Å². The Morgan fingerprint density at radius 3 is 2.88 bits per heavy atom. The normalized spacial score (nSPS) is 21.8. The van der Waals surface area contributed by atoms with Crippen LogP contribution in [0, 0.1) is 5.92 Å². The van der Waals surface area contributed by atoms with Crippen LogP contribution in [0.3, 0.4) is 0 Å². The van der Waals surface area contributed by atoms with Crippen molar-refractivity contribution in [1.29, 1.82) is 0 Å². The Bertz CT molecular complexity index is 267. The molecule has 2 unspecified atom stereocenters. The molecule has 0 aromatic rings. The van der Waals surface area contributed by atoms with Gasteiger partial charge in [-0.2, -0.15) is 0 Å². The molecule has 1 fully saturated rings. The highest BCUT2D eigenvalue weighted by Gasteiger charge is 2.22. The van der Waals surface area contributed by atoms with Gasteiger partial charge in [-0.05, 0) is 6.42 Å². The van der Waals surface area contributed by atoms with Crippen LogP contribution in [0.5, 0.6) is 0 Å². The zero-order valence-electron chi connectivity index (χ0n) is 10.1. The lowest BCUT2D eigenvalue weighted by Crippen LogP contribution is -2.44. The number of carbonyl (C=O) groups is 1. The van der Waals surface area contributed by atoms with Gasteiger partial charge < -0.3 is 20.5 Å². The molecule has 1 amide bonds. The summed E-state index contributed by atoms with van der Waals surface area (Å²) in [5, 5.41) is 2.81. The van der Waals surface area contributed by atoms with Crippen molar-refractivity contribution in [3.63, 3.8) is 0 Å². The number of thiocarbonyl (C=S) groups is 1. The van der Waals surface area contributed by atoms with Crippen LogP contribution in [0.25, 0.3) is 0 Å². The molecule has 1 aliphatic heterocycles. The molecule has 2 atom stereocenters. The highest BCUT2D eigenvalue weighted by molar-refractivity contribution is 7.80. The van der Waals surface area contributed by atoms with Gasteiger partial charge in [-0.1, -0.05) is 25.6 Å². The molecule has 0 aromatic carbocycles. The Morgan fingerprint density at radius 2 is 2.35 bits per heavy atom. The Morgan fingerprint density at radius 1 is 1.59 bits per heavy atom. The Balaban J connectivity index is 2.33. The van der Waals surface area contributed by atoms with Gasteiger partial charge in [0, 0.05) is 6.54 Å². The molecule has 0 aromatic heterocycles. The van der Waals surface area contributed by atoms with Crippen molar-refractivity contribution in [3.8, 4) is 0 Å². The van der Waals surface area contributed by atoms with Crippen molar-refractivity contribution in [3.05, 3.63) is 0 Å². The van der Waals surface area contributed by atoms with Gasteiger partial charge in [0.25, 0.3) is 0 Å². The molecule has 6 heteroatoms. The van der Waals surface area contributed by atoms with E-state index in [-0.39, 0.29) is 22.9 Å². The fraction of sp³-hybridized carbons (Fsp3) is 0.818. The standard InChI is InChI=1S/C11H20N2O3S/c1-2-3-9(10(12)17)11(14)13-6-8-7-15-4-5-16-8/h8-9H,2-7H2,1H3,(H2,12,17)(H,13,14). The lowest BCUT2D eigenvalue weighted by atomic mass is 10.0. The number of amides is 1. The lowest BCUT2D eigenvalue weighted by Gasteiger charge is -2.24. The van der Waals surface area contributed by atoms with Gasteiger partial charge in [0.05, 0.1) is 36.8 Å². The second kappa shape index (κ2) is 7.58. The maximum Gasteiger partial charge on any atom is 0.230 e. The van der Waals surface area contributed by atoms with Gasteiger partial charge in [0.15, 0.2) is 0 Å². The van der Waals surface area contributed by atoms with E-state index in [1.54, 1.807) is 0 Å². The van der Waals surface area contributed by atoms with Crippen LogP contribution in [0.15, 0.2) is 0 Å². The van der Waals surface area contributed by atoms with E-state index in [0.29, 0.717) is 32.8 Å². The van der Waals surface area contributed by atoms with Crippen LogP contribution in [0.1, 0.15) is 19.8 Å². The Labute approximate surface area is 107 Å². The number of ether oxygens (including phenoxy) is 2. The lowest BCUT2D eigenvalue weighted by molar-refractivity contribution is -0.125. The fourth-order valence-electron chi connectivity index (χ4n) is 1.68. The third-order valence-corrected chi connectivity index (χ3v) is 2.91. The number of nitrogens with two attached hydrogens (primary N) is 1. The first kappa shape index (κ1) is 14.3. The molecule has 0 aliphatic carbocycles.